The maximum Gasteiger partial charge on any atom is 0.305 e. The predicted octanol–water partition coefficient (Wildman–Crippen LogP) is 3.58. The lowest BCUT2D eigenvalue weighted by atomic mass is 10.1. The molecule has 1 amide bonds. The zero-order valence-electron chi connectivity index (χ0n) is 21.6. The molecule has 1 aromatic heterocycles. The Hall–Kier alpha value is -2.30. The zero-order valence-corrected chi connectivity index (χ0v) is 21.6. The number of rotatable bonds is 19. The average Bonchev–Trinajstić information content (AvgIpc) is 3.46. The Bertz CT molecular complexity index is 799. The molecular weight excluding hydrogens is 464 g/mol. The topological polar surface area (TPSA) is 150 Å². The summed E-state index contributed by atoms with van der Waals surface area (Å²) in [6, 6.07) is 0. The van der Waals surface area contributed by atoms with Crippen LogP contribution in [0.15, 0.2) is 18.5 Å². The molecule has 0 spiro atoms. The van der Waals surface area contributed by atoms with Crippen molar-refractivity contribution in [2.24, 2.45) is 5.73 Å². The Morgan fingerprint density at radius 2 is 1.61 bits per heavy atom. The van der Waals surface area contributed by atoms with Gasteiger partial charge in [-0.05, 0) is 32.1 Å². The van der Waals surface area contributed by atoms with Gasteiger partial charge >= 0.3 is 5.97 Å². The lowest BCUT2D eigenvalue weighted by Gasteiger charge is -2.14. The van der Waals surface area contributed by atoms with Crippen molar-refractivity contribution < 1.29 is 29.3 Å². The third-order valence-electron chi connectivity index (χ3n) is 6.38. The fourth-order valence-electron chi connectivity index (χ4n) is 4.18. The highest BCUT2D eigenvalue weighted by atomic mass is 16.6. The molecule has 36 heavy (non-hydrogen) atoms. The summed E-state index contributed by atoms with van der Waals surface area (Å²) in [5, 5.41) is 24.3. The first-order valence-corrected chi connectivity index (χ1v) is 13.5. The molecule has 1 saturated heterocycles. The fraction of sp³-hybridized carbons (Fsp3) is 0.769. The van der Waals surface area contributed by atoms with Crippen LogP contribution in [-0.4, -0.2) is 61.8 Å². The summed E-state index contributed by atoms with van der Waals surface area (Å²) < 4.78 is 11.9. The van der Waals surface area contributed by atoms with Crippen LogP contribution in [0.25, 0.3) is 0 Å². The summed E-state index contributed by atoms with van der Waals surface area (Å²) in [6.45, 7) is 2.06. The minimum atomic E-state index is -1.32. The van der Waals surface area contributed by atoms with E-state index in [-0.39, 0.29) is 18.4 Å². The van der Waals surface area contributed by atoms with Crippen molar-refractivity contribution in [2.45, 2.75) is 121 Å². The summed E-state index contributed by atoms with van der Waals surface area (Å²) in [5.74, 6) is -1.41. The first-order valence-electron chi connectivity index (χ1n) is 13.5. The number of aliphatic hydroxyl groups excluding tert-OH is 2. The minimum absolute atomic E-state index is 0.185. The number of amides is 1. The minimum Gasteiger partial charge on any atom is -0.463 e. The Kier molecular flexibility index (Phi) is 14.3. The van der Waals surface area contributed by atoms with E-state index in [1.54, 1.807) is 0 Å². The molecule has 0 aliphatic carbocycles. The molecule has 10 nitrogen and oxygen atoms in total. The molecule has 4 unspecified atom stereocenters. The highest BCUT2D eigenvalue weighted by Crippen LogP contribution is 2.29. The van der Waals surface area contributed by atoms with Gasteiger partial charge in [-0.15, -0.1) is 5.10 Å². The number of unbranched alkanes of at least 4 members (excludes halogenated alkanes) is 11. The first-order chi connectivity index (χ1) is 17.4. The van der Waals surface area contributed by atoms with E-state index in [4.69, 9.17) is 15.2 Å². The number of primary amides is 1. The Morgan fingerprint density at radius 1 is 1.00 bits per heavy atom. The molecule has 1 aliphatic heterocycles. The number of carbonyl (C=O) groups excluding carboxylic acids is 2. The second kappa shape index (κ2) is 17.2. The standard InChI is InChI=1S/C26H44N4O6/c1-2-3-4-5-6-7-8-9-10-11-12-13-14-15-16-17-21(31)35-18-20-22(32)23(33)26(36-20)30-19-28-25(29-30)24(27)34/h9-10,19-20,22-23,26,32-33H,2-8,11-18H2,1H3,(H2,27,34). The highest BCUT2D eigenvalue weighted by molar-refractivity contribution is 5.88. The molecular formula is C26H44N4O6. The molecule has 1 aliphatic rings. The Balaban J connectivity index is 1.48. The molecule has 4 N–H and O–H groups in total. The van der Waals surface area contributed by atoms with E-state index < -0.39 is 30.4 Å². The quantitative estimate of drug-likeness (QED) is 0.146. The Labute approximate surface area is 214 Å². The van der Waals surface area contributed by atoms with Crippen molar-refractivity contribution in [3.8, 4) is 0 Å². The molecule has 2 rings (SSSR count). The van der Waals surface area contributed by atoms with E-state index in [1.165, 1.54) is 57.7 Å². The van der Waals surface area contributed by atoms with Gasteiger partial charge in [0, 0.05) is 6.42 Å². The van der Waals surface area contributed by atoms with Crippen molar-refractivity contribution >= 4 is 11.9 Å². The molecule has 1 fully saturated rings. The van der Waals surface area contributed by atoms with E-state index in [2.05, 4.69) is 29.2 Å². The van der Waals surface area contributed by atoms with Gasteiger partial charge in [0.25, 0.3) is 5.91 Å². The average molecular weight is 509 g/mol. The molecule has 204 valence electrons. The second-order valence-corrected chi connectivity index (χ2v) is 9.48. The van der Waals surface area contributed by atoms with E-state index in [0.717, 1.165) is 36.8 Å². The Morgan fingerprint density at radius 3 is 2.22 bits per heavy atom. The summed E-state index contributed by atoms with van der Waals surface area (Å²) in [7, 11) is 0. The zero-order chi connectivity index (χ0) is 26.2. The number of carbonyl (C=O) groups is 2. The van der Waals surface area contributed by atoms with Crippen LogP contribution < -0.4 is 5.73 Å². The molecule has 4 atom stereocenters. The lowest BCUT2D eigenvalue weighted by molar-refractivity contribution is -0.150. The molecule has 1 aromatic rings. The van der Waals surface area contributed by atoms with E-state index >= 15 is 0 Å². The van der Waals surface area contributed by atoms with Crippen molar-refractivity contribution in [2.75, 3.05) is 6.61 Å². The van der Waals surface area contributed by atoms with Crippen LogP contribution in [0.2, 0.25) is 0 Å². The number of aromatic nitrogens is 3. The van der Waals surface area contributed by atoms with Crippen LogP contribution in [0.1, 0.15) is 114 Å². The number of hydrogen-bond acceptors (Lipinski definition) is 8. The van der Waals surface area contributed by atoms with Gasteiger partial charge in [0.1, 0.15) is 31.2 Å². The highest BCUT2D eigenvalue weighted by Gasteiger charge is 2.45. The van der Waals surface area contributed by atoms with Crippen molar-refractivity contribution in [1.29, 1.82) is 0 Å². The summed E-state index contributed by atoms with van der Waals surface area (Å²) in [5.41, 5.74) is 5.12. The van der Waals surface area contributed by atoms with E-state index in [1.807, 2.05) is 0 Å². The lowest BCUT2D eigenvalue weighted by Crippen LogP contribution is -2.34. The van der Waals surface area contributed by atoms with Gasteiger partial charge in [-0.1, -0.05) is 70.4 Å². The number of nitrogens with zero attached hydrogens (tertiary/aromatic N) is 3. The van der Waals surface area contributed by atoms with Crippen LogP contribution >= 0.6 is 0 Å². The maximum absolute atomic E-state index is 12.0. The fourth-order valence-corrected chi connectivity index (χ4v) is 4.18. The molecule has 0 saturated carbocycles. The van der Waals surface area contributed by atoms with Gasteiger partial charge in [0.05, 0.1) is 0 Å². The second-order valence-electron chi connectivity index (χ2n) is 9.48. The van der Waals surface area contributed by atoms with Crippen LogP contribution in [0.4, 0.5) is 0 Å². The van der Waals surface area contributed by atoms with Crippen molar-refractivity contribution in [3.63, 3.8) is 0 Å². The maximum atomic E-state index is 12.0. The molecule has 0 aromatic carbocycles. The first kappa shape index (κ1) is 29.9. The number of allylic oxidation sites excluding steroid dienone is 2. The van der Waals surface area contributed by atoms with Crippen LogP contribution in [0, 0.1) is 0 Å². The van der Waals surface area contributed by atoms with Gasteiger partial charge < -0.3 is 25.4 Å². The van der Waals surface area contributed by atoms with Crippen LogP contribution in [-0.2, 0) is 14.3 Å². The SMILES string of the molecule is CCCCCCCCC=CCCCCCCCC(=O)OCC1OC(n2cnc(C(N)=O)n2)C(O)C1O. The van der Waals surface area contributed by atoms with Crippen LogP contribution in [0.3, 0.4) is 0 Å². The van der Waals surface area contributed by atoms with Crippen molar-refractivity contribution in [3.05, 3.63) is 24.3 Å². The van der Waals surface area contributed by atoms with Gasteiger partial charge in [0.15, 0.2) is 6.23 Å². The van der Waals surface area contributed by atoms with Gasteiger partial charge in [-0.25, -0.2) is 9.67 Å². The number of hydrogen-bond donors (Lipinski definition) is 3. The number of ether oxygens (including phenoxy) is 2. The van der Waals surface area contributed by atoms with Crippen molar-refractivity contribution in [1.82, 2.24) is 14.8 Å². The monoisotopic (exact) mass is 508 g/mol. The normalized spacial score (nSPS) is 21.9. The molecule has 2 heterocycles. The van der Waals surface area contributed by atoms with E-state index in [9.17, 15) is 19.8 Å². The number of nitrogens with two attached hydrogens (primary N) is 1. The third kappa shape index (κ3) is 10.8. The third-order valence-corrected chi connectivity index (χ3v) is 6.38. The van der Waals surface area contributed by atoms with Crippen LogP contribution in [0.5, 0.6) is 0 Å². The largest absolute Gasteiger partial charge is 0.463 e. The van der Waals surface area contributed by atoms with Gasteiger partial charge in [-0.3, -0.25) is 9.59 Å². The smallest absolute Gasteiger partial charge is 0.305 e. The molecule has 0 bridgehead atoms. The predicted molar refractivity (Wildman–Crippen MR) is 135 cm³/mol. The summed E-state index contributed by atoms with van der Waals surface area (Å²) in [6.07, 6.45) is 17.0. The van der Waals surface area contributed by atoms with E-state index in [0.29, 0.717) is 6.42 Å². The molecule has 10 heteroatoms. The van der Waals surface area contributed by atoms with Gasteiger partial charge in [-0.2, -0.15) is 0 Å². The number of aliphatic hydroxyl groups is 2. The summed E-state index contributed by atoms with van der Waals surface area (Å²) in [4.78, 5) is 26.9. The summed E-state index contributed by atoms with van der Waals surface area (Å²) >= 11 is 0. The number of esters is 1. The van der Waals surface area contributed by atoms with Gasteiger partial charge in [0.2, 0.25) is 5.82 Å². The molecule has 0 radical (unpaired) electrons.